The number of hydrogen-bond acceptors (Lipinski definition) is 0. The average molecular weight is 671 g/mol. The summed E-state index contributed by atoms with van der Waals surface area (Å²) < 4.78 is 3.76. The van der Waals surface area contributed by atoms with Crippen molar-refractivity contribution in [1.82, 2.24) is 0 Å². The molecule has 0 aromatic heterocycles. The van der Waals surface area contributed by atoms with Gasteiger partial charge in [-0.05, 0) is 0 Å². The molecular weight excluding hydrogens is 631 g/mol. The summed E-state index contributed by atoms with van der Waals surface area (Å²) in [5.41, 5.74) is 11.9. The van der Waals surface area contributed by atoms with E-state index >= 15 is 0 Å². The van der Waals surface area contributed by atoms with Crippen molar-refractivity contribution in [2.24, 2.45) is 0 Å². The number of hydrogen-bond donors (Lipinski definition) is 0. The zero-order valence-corrected chi connectivity index (χ0v) is 29.5. The van der Waals surface area contributed by atoms with E-state index in [2.05, 4.69) is 157 Å². The van der Waals surface area contributed by atoms with Crippen molar-refractivity contribution >= 4 is 6.48 Å². The maximum absolute atomic E-state index is 2.63. The Bertz CT molecular complexity index is 1610. The van der Waals surface area contributed by atoms with Gasteiger partial charge in [0.25, 0.3) is 0 Å². The van der Waals surface area contributed by atoms with E-state index in [1.165, 1.54) is 38.9 Å². The minimum absolute atomic E-state index is 0. The minimum atomic E-state index is -2.62. The molecule has 0 amide bonds. The maximum atomic E-state index is 2.63. The van der Waals surface area contributed by atoms with Gasteiger partial charge in [0, 0.05) is 0 Å². The van der Waals surface area contributed by atoms with Crippen molar-refractivity contribution in [3.63, 3.8) is 0 Å². The number of halogens is 2. The van der Waals surface area contributed by atoms with Gasteiger partial charge in [-0.15, -0.1) is 0 Å². The predicted octanol–water partition coefficient (Wildman–Crippen LogP) is 3.29. The minimum Gasteiger partial charge on any atom is -1.00 e. The second kappa shape index (κ2) is 12.7. The quantitative estimate of drug-likeness (QED) is 0.276. The van der Waals surface area contributed by atoms with Crippen molar-refractivity contribution in [2.45, 2.75) is 62.4 Å². The predicted molar refractivity (Wildman–Crippen MR) is 170 cm³/mol. The van der Waals surface area contributed by atoms with E-state index in [0.29, 0.717) is 3.63 Å². The van der Waals surface area contributed by atoms with Crippen molar-refractivity contribution in [2.75, 3.05) is 0 Å². The molecule has 0 radical (unpaired) electrons. The Hall–Kier alpha value is -2.31. The van der Waals surface area contributed by atoms with Crippen molar-refractivity contribution in [3.8, 4) is 11.1 Å². The summed E-state index contributed by atoms with van der Waals surface area (Å²) >= 11 is -2.62. The van der Waals surface area contributed by atoms with Gasteiger partial charge in [0.2, 0.25) is 0 Å². The first-order chi connectivity index (χ1) is 19.1. The molecule has 0 N–H and O–H groups in total. The van der Waals surface area contributed by atoms with E-state index in [1.54, 1.807) is 12.0 Å². The number of allylic oxidation sites excluding steroid dienone is 4. The summed E-state index contributed by atoms with van der Waals surface area (Å²) in [6.45, 7) is 14.1. The Morgan fingerprint density at radius 3 is 1.67 bits per heavy atom. The van der Waals surface area contributed by atoms with Crippen LogP contribution in [0, 0.1) is 0 Å². The van der Waals surface area contributed by atoms with E-state index in [-0.39, 0.29) is 35.6 Å². The molecule has 0 bridgehead atoms. The van der Waals surface area contributed by atoms with Crippen LogP contribution in [-0.4, -0.2) is 3.21 Å². The maximum Gasteiger partial charge on any atom is -1.00 e. The van der Waals surface area contributed by atoms with E-state index in [4.69, 9.17) is 0 Å². The van der Waals surface area contributed by atoms with Crippen molar-refractivity contribution in [3.05, 3.63) is 149 Å². The summed E-state index contributed by atoms with van der Waals surface area (Å²) in [5.74, 6) is 0. The normalized spacial score (nSPS) is 13.5. The summed E-state index contributed by atoms with van der Waals surface area (Å²) in [4.78, 5) is 0. The van der Waals surface area contributed by atoms with Gasteiger partial charge in [0.1, 0.15) is 0 Å². The first-order valence-corrected chi connectivity index (χ1v) is 18.5. The molecule has 0 heterocycles. The average Bonchev–Trinajstić information content (AvgIpc) is 3.59. The van der Waals surface area contributed by atoms with E-state index < -0.39 is 21.3 Å². The van der Waals surface area contributed by atoms with Crippen LogP contribution in [0.1, 0.15) is 74.9 Å². The van der Waals surface area contributed by atoms with Gasteiger partial charge in [-0.2, -0.15) is 0 Å². The third-order valence-corrected chi connectivity index (χ3v) is 16.4. The molecule has 214 valence electrons. The van der Waals surface area contributed by atoms with Crippen LogP contribution in [0.5, 0.6) is 0 Å². The van der Waals surface area contributed by atoms with Gasteiger partial charge in [-0.1, -0.05) is 0 Å². The molecule has 0 fully saturated rings. The van der Waals surface area contributed by atoms with Crippen LogP contribution >= 0.6 is 0 Å². The standard InChI is InChI=1S/C21H25.C13H10.C5H5.2ClH.Zr/c1-20(2,3)16-9-7-14-11-15-8-10-17(21(4,5)6)13-19(15)18(14)12-16;1-3-7-12(8-4-1)11-13-9-5-2-6-10-13;1-2-4-5-3-1;;;/h7,9-10,12-13H,11H2,1-6H3;1-10H;1-5H;2*1H;/q;;;;;+2/p-2. The van der Waals surface area contributed by atoms with Gasteiger partial charge >= 0.3 is 250 Å². The van der Waals surface area contributed by atoms with Crippen LogP contribution in [0.25, 0.3) is 11.1 Å². The molecule has 0 unspecified atom stereocenters. The molecule has 0 spiro atoms. The Morgan fingerprint density at radius 1 is 0.619 bits per heavy atom. The first-order valence-electron chi connectivity index (χ1n) is 14.6. The summed E-state index contributed by atoms with van der Waals surface area (Å²) in [6.07, 6.45) is 10.6. The van der Waals surface area contributed by atoms with E-state index in [1.807, 2.05) is 0 Å². The molecule has 0 saturated heterocycles. The molecule has 0 aliphatic heterocycles. The number of rotatable bonds is 4. The van der Waals surface area contributed by atoms with Crippen LogP contribution < -0.4 is 28.1 Å². The molecule has 0 nitrogen and oxygen atoms in total. The van der Waals surface area contributed by atoms with Gasteiger partial charge in [-0.3, -0.25) is 0 Å². The fourth-order valence-corrected chi connectivity index (χ4v) is 14.5. The van der Waals surface area contributed by atoms with Gasteiger partial charge in [-0.25, -0.2) is 0 Å². The summed E-state index contributed by atoms with van der Waals surface area (Å²) in [7, 11) is 0. The monoisotopic (exact) mass is 668 g/mol. The molecule has 0 saturated carbocycles. The van der Waals surface area contributed by atoms with Crippen molar-refractivity contribution in [1.29, 1.82) is 0 Å². The van der Waals surface area contributed by atoms with Crippen LogP contribution in [0.3, 0.4) is 0 Å². The first kappa shape index (κ1) is 32.6. The van der Waals surface area contributed by atoms with Gasteiger partial charge in [0.05, 0.1) is 0 Å². The fourth-order valence-electron chi connectivity index (χ4n) is 6.21. The zero-order valence-electron chi connectivity index (χ0n) is 25.5. The Morgan fingerprint density at radius 2 is 1.14 bits per heavy atom. The SMILES string of the molecule is CC(C)(C)c1ccc2c(c1)-c1cc(C(C)(C)C)c[c]([Zr+2](=[C](c3ccccc3)c3ccccc3)[CH]3C=CC=C3)c1C2.[Cl-].[Cl-]. The summed E-state index contributed by atoms with van der Waals surface area (Å²) in [5, 5.41) is 0. The molecule has 2 aliphatic rings. The second-order valence-electron chi connectivity index (χ2n) is 13.4. The largest absolute Gasteiger partial charge is 1.00 e. The van der Waals surface area contributed by atoms with E-state index in [0.717, 1.165) is 6.42 Å². The van der Waals surface area contributed by atoms with Crippen LogP contribution in [0.15, 0.2) is 115 Å². The molecule has 4 aromatic carbocycles. The van der Waals surface area contributed by atoms with Crippen LogP contribution in [-0.2, 0) is 38.5 Å². The third-order valence-electron chi connectivity index (χ3n) is 8.52. The van der Waals surface area contributed by atoms with Gasteiger partial charge < -0.3 is 24.8 Å². The Balaban J connectivity index is 0.00000202. The summed E-state index contributed by atoms with van der Waals surface area (Å²) in [6, 6.07) is 34.9. The molecule has 2 aliphatic carbocycles. The zero-order chi connectivity index (χ0) is 28.1. The van der Waals surface area contributed by atoms with E-state index in [9.17, 15) is 0 Å². The number of benzene rings is 4. The second-order valence-corrected chi connectivity index (χ2v) is 19.6. The van der Waals surface area contributed by atoms with Crippen LogP contribution in [0.4, 0.5) is 0 Å². The van der Waals surface area contributed by atoms with Crippen molar-refractivity contribution < 1.29 is 46.1 Å². The molecule has 6 rings (SSSR count). The molecule has 4 aromatic rings. The van der Waals surface area contributed by atoms with Crippen LogP contribution in [0.2, 0.25) is 3.63 Å². The molecule has 0 atom stereocenters. The van der Waals surface area contributed by atoms with Gasteiger partial charge in [0.15, 0.2) is 0 Å². The Kier molecular flexibility index (Phi) is 9.89. The third kappa shape index (κ3) is 6.31. The molecule has 3 heteroatoms. The molecular formula is C39H40Cl2Zr. The number of fused-ring (bicyclic) bond motifs is 3. The Labute approximate surface area is 273 Å². The fraction of sp³-hybridized carbons (Fsp3) is 0.256. The topological polar surface area (TPSA) is 0 Å². The molecule has 42 heavy (non-hydrogen) atoms. The smallest absolute Gasteiger partial charge is 1.00 e.